The number of nitrogens with zero attached hydrogens (tertiary/aromatic N) is 2. The van der Waals surface area contributed by atoms with Crippen LogP contribution in [0.5, 0.6) is 5.75 Å². The highest BCUT2D eigenvalue weighted by Crippen LogP contribution is 2.27. The zero-order valence-electron chi connectivity index (χ0n) is 11.8. The number of rotatable bonds is 3. The minimum atomic E-state index is -0.366. The zero-order valence-corrected chi connectivity index (χ0v) is 13.3. The summed E-state index contributed by atoms with van der Waals surface area (Å²) in [4.78, 5) is 14.4. The Morgan fingerprint density at radius 3 is 2.95 bits per heavy atom. The predicted molar refractivity (Wildman–Crippen MR) is 82.8 cm³/mol. The summed E-state index contributed by atoms with van der Waals surface area (Å²) in [7, 11) is 1.55. The van der Waals surface area contributed by atoms with Crippen molar-refractivity contribution in [3.8, 4) is 5.75 Å². The van der Waals surface area contributed by atoms with Crippen LogP contribution in [0.1, 0.15) is 29.6 Å². The third-order valence-corrected chi connectivity index (χ3v) is 4.32. The fourth-order valence-corrected chi connectivity index (χ4v) is 2.91. The van der Waals surface area contributed by atoms with Gasteiger partial charge in [-0.3, -0.25) is 4.79 Å². The number of carbonyl (C=O) groups excluding carboxylic acids is 1. The van der Waals surface area contributed by atoms with Crippen molar-refractivity contribution in [2.75, 3.05) is 13.7 Å². The molecule has 1 heterocycles. The summed E-state index contributed by atoms with van der Waals surface area (Å²) in [6, 6.07) is 4.87. The minimum absolute atomic E-state index is 0.0714. The summed E-state index contributed by atoms with van der Waals surface area (Å²) in [6.07, 6.45) is 2.55. The second-order valence-electron chi connectivity index (χ2n) is 4.88. The van der Waals surface area contributed by atoms with Crippen LogP contribution in [0.2, 0.25) is 0 Å². The van der Waals surface area contributed by atoms with Crippen LogP contribution in [0, 0.1) is 0 Å². The molecule has 0 bridgehead atoms. The Kier molecular flexibility index (Phi) is 5.06. The Morgan fingerprint density at radius 2 is 2.29 bits per heavy atom. The Labute approximate surface area is 131 Å². The number of ether oxygens (including phenoxy) is 1. The van der Waals surface area contributed by atoms with Gasteiger partial charge in [-0.2, -0.15) is 0 Å². The van der Waals surface area contributed by atoms with Gasteiger partial charge in [0.15, 0.2) is 5.84 Å². The molecule has 114 valence electrons. The molecule has 1 saturated heterocycles. The number of benzene rings is 1. The van der Waals surface area contributed by atoms with E-state index in [9.17, 15) is 4.79 Å². The van der Waals surface area contributed by atoms with E-state index in [2.05, 4.69) is 21.1 Å². The van der Waals surface area contributed by atoms with Crippen LogP contribution in [0.15, 0.2) is 27.8 Å². The second-order valence-corrected chi connectivity index (χ2v) is 5.74. The van der Waals surface area contributed by atoms with E-state index in [1.54, 1.807) is 30.2 Å². The smallest absolute Gasteiger partial charge is 0.255 e. The first-order chi connectivity index (χ1) is 10.1. The number of oxime groups is 1. The Morgan fingerprint density at radius 1 is 1.52 bits per heavy atom. The predicted octanol–water partition coefficient (Wildman–Crippen LogP) is 2.20. The molecule has 0 saturated carbocycles. The summed E-state index contributed by atoms with van der Waals surface area (Å²) < 4.78 is 5.85. The van der Waals surface area contributed by atoms with Crippen LogP contribution in [-0.2, 0) is 0 Å². The third kappa shape index (κ3) is 3.29. The van der Waals surface area contributed by atoms with Crippen molar-refractivity contribution in [1.82, 2.24) is 4.90 Å². The van der Waals surface area contributed by atoms with E-state index < -0.39 is 0 Å². The molecular formula is C14H18BrN3O3. The molecule has 2 rings (SSSR count). The molecule has 0 aliphatic carbocycles. The number of hydrogen-bond acceptors (Lipinski definition) is 4. The highest BCUT2D eigenvalue weighted by atomic mass is 79.9. The van der Waals surface area contributed by atoms with Crippen LogP contribution in [0.3, 0.4) is 0 Å². The summed E-state index contributed by atoms with van der Waals surface area (Å²) in [5, 5.41) is 11.9. The molecule has 0 spiro atoms. The number of hydrogen-bond donors (Lipinski definition) is 2. The van der Waals surface area contributed by atoms with Crippen molar-refractivity contribution < 1.29 is 14.7 Å². The maximum absolute atomic E-state index is 12.8. The number of methoxy groups -OCH3 is 1. The van der Waals surface area contributed by atoms with Gasteiger partial charge in [0.2, 0.25) is 0 Å². The summed E-state index contributed by atoms with van der Waals surface area (Å²) in [5.41, 5.74) is 6.22. The molecule has 1 unspecified atom stereocenters. The SMILES string of the molecule is COc1ccc(Br)c(C(=O)N2CCCCC2C(N)=NO)c1. The average Bonchev–Trinajstić information content (AvgIpc) is 2.54. The van der Waals surface area contributed by atoms with Gasteiger partial charge in [0.05, 0.1) is 18.7 Å². The molecule has 1 aromatic carbocycles. The third-order valence-electron chi connectivity index (χ3n) is 3.62. The lowest BCUT2D eigenvalue weighted by molar-refractivity contribution is 0.0675. The van der Waals surface area contributed by atoms with Crippen molar-refractivity contribution in [3.05, 3.63) is 28.2 Å². The average molecular weight is 356 g/mol. The number of likely N-dealkylation sites (tertiary alicyclic amines) is 1. The minimum Gasteiger partial charge on any atom is -0.497 e. The normalized spacial score (nSPS) is 19.4. The standard InChI is InChI=1S/C14H18BrN3O3/c1-21-9-5-6-11(15)10(8-9)14(19)18-7-3-2-4-12(18)13(16)17-20/h5-6,8,12,20H,2-4,7H2,1H3,(H2,16,17). The van der Waals surface area contributed by atoms with Gasteiger partial charge in [-0.1, -0.05) is 5.16 Å². The lowest BCUT2D eigenvalue weighted by atomic mass is 10.00. The van der Waals surface area contributed by atoms with E-state index in [1.807, 2.05) is 0 Å². The largest absolute Gasteiger partial charge is 0.497 e. The molecule has 1 fully saturated rings. The number of carbonyl (C=O) groups is 1. The first kappa shape index (κ1) is 15.6. The van der Waals surface area contributed by atoms with Gasteiger partial charge >= 0.3 is 0 Å². The number of halogens is 1. The maximum atomic E-state index is 12.8. The van der Waals surface area contributed by atoms with Crippen LogP contribution < -0.4 is 10.5 Å². The number of amides is 1. The van der Waals surface area contributed by atoms with Crippen molar-refractivity contribution in [1.29, 1.82) is 0 Å². The molecule has 7 heteroatoms. The topological polar surface area (TPSA) is 88.2 Å². The molecule has 1 atom stereocenters. The summed E-state index contributed by atoms with van der Waals surface area (Å²) in [5.74, 6) is 0.526. The van der Waals surface area contributed by atoms with E-state index in [-0.39, 0.29) is 17.8 Å². The lowest BCUT2D eigenvalue weighted by Crippen LogP contribution is -2.50. The Bertz CT molecular complexity index is 562. The van der Waals surface area contributed by atoms with Gasteiger partial charge in [-0.15, -0.1) is 0 Å². The number of piperidine rings is 1. The monoisotopic (exact) mass is 355 g/mol. The van der Waals surface area contributed by atoms with Crippen LogP contribution in [0.25, 0.3) is 0 Å². The highest BCUT2D eigenvalue weighted by Gasteiger charge is 2.31. The van der Waals surface area contributed by atoms with Gasteiger partial charge in [0.25, 0.3) is 5.91 Å². The number of nitrogens with two attached hydrogens (primary N) is 1. The van der Waals surface area contributed by atoms with Crippen LogP contribution in [-0.4, -0.2) is 41.5 Å². The fourth-order valence-electron chi connectivity index (χ4n) is 2.50. The Balaban J connectivity index is 2.33. The van der Waals surface area contributed by atoms with Gasteiger partial charge in [0, 0.05) is 11.0 Å². The molecule has 0 radical (unpaired) electrons. The molecule has 21 heavy (non-hydrogen) atoms. The fraction of sp³-hybridized carbons (Fsp3) is 0.429. The van der Waals surface area contributed by atoms with Crippen molar-refractivity contribution in [3.63, 3.8) is 0 Å². The summed E-state index contributed by atoms with van der Waals surface area (Å²) in [6.45, 7) is 0.587. The zero-order chi connectivity index (χ0) is 15.4. The lowest BCUT2D eigenvalue weighted by Gasteiger charge is -2.35. The second kappa shape index (κ2) is 6.80. The Hall–Kier alpha value is -1.76. The van der Waals surface area contributed by atoms with E-state index in [0.717, 1.165) is 12.8 Å². The molecule has 1 aromatic rings. The van der Waals surface area contributed by atoms with Gasteiger partial charge in [-0.05, 0) is 53.4 Å². The maximum Gasteiger partial charge on any atom is 0.255 e. The van der Waals surface area contributed by atoms with Crippen molar-refractivity contribution >= 4 is 27.7 Å². The van der Waals surface area contributed by atoms with E-state index in [4.69, 9.17) is 15.7 Å². The van der Waals surface area contributed by atoms with Crippen molar-refractivity contribution in [2.24, 2.45) is 10.9 Å². The van der Waals surface area contributed by atoms with E-state index in [1.165, 1.54) is 0 Å². The molecule has 1 aliphatic rings. The quantitative estimate of drug-likeness (QED) is 0.376. The highest BCUT2D eigenvalue weighted by molar-refractivity contribution is 9.10. The number of amidine groups is 1. The van der Waals surface area contributed by atoms with Crippen LogP contribution in [0.4, 0.5) is 0 Å². The molecule has 6 nitrogen and oxygen atoms in total. The molecular weight excluding hydrogens is 338 g/mol. The van der Waals surface area contributed by atoms with Gasteiger partial charge < -0.3 is 20.6 Å². The molecule has 1 aliphatic heterocycles. The first-order valence-corrected chi connectivity index (χ1v) is 7.49. The summed E-state index contributed by atoms with van der Waals surface area (Å²) >= 11 is 3.39. The van der Waals surface area contributed by atoms with E-state index in [0.29, 0.717) is 28.8 Å². The van der Waals surface area contributed by atoms with Crippen molar-refractivity contribution in [2.45, 2.75) is 25.3 Å². The first-order valence-electron chi connectivity index (χ1n) is 6.70. The molecule has 0 aromatic heterocycles. The molecule has 3 N–H and O–H groups in total. The van der Waals surface area contributed by atoms with Crippen LogP contribution >= 0.6 is 15.9 Å². The van der Waals surface area contributed by atoms with Gasteiger partial charge in [0.1, 0.15) is 5.75 Å². The van der Waals surface area contributed by atoms with E-state index >= 15 is 0 Å². The van der Waals surface area contributed by atoms with Gasteiger partial charge in [-0.25, -0.2) is 0 Å². The molecule has 1 amide bonds.